The Morgan fingerprint density at radius 1 is 1.17 bits per heavy atom. The second-order valence-electron chi connectivity index (χ2n) is 7.84. The van der Waals surface area contributed by atoms with Gasteiger partial charge >= 0.3 is 0 Å². The first-order chi connectivity index (χ1) is 11.1. The summed E-state index contributed by atoms with van der Waals surface area (Å²) >= 11 is 0. The fourth-order valence-corrected chi connectivity index (χ4v) is 5.39. The topological polar surface area (TPSA) is 61.6 Å². The van der Waals surface area contributed by atoms with Gasteiger partial charge in [0, 0.05) is 50.7 Å². The van der Waals surface area contributed by atoms with Crippen LogP contribution in [0.2, 0.25) is 0 Å². The van der Waals surface area contributed by atoms with Gasteiger partial charge in [0.25, 0.3) is 0 Å². The summed E-state index contributed by atoms with van der Waals surface area (Å²) in [6.07, 6.45) is 5.66. The molecule has 4 rings (SSSR count). The Balaban J connectivity index is 1.46. The lowest BCUT2D eigenvalue weighted by molar-refractivity contribution is -0.131. The van der Waals surface area contributed by atoms with E-state index in [9.17, 15) is 9.18 Å². The van der Waals surface area contributed by atoms with E-state index < -0.39 is 6.17 Å². The molecule has 23 heavy (non-hydrogen) atoms. The van der Waals surface area contributed by atoms with Gasteiger partial charge in [-0.05, 0) is 25.2 Å². The maximum absolute atomic E-state index is 14.7. The average molecular weight is 324 g/mol. The summed E-state index contributed by atoms with van der Waals surface area (Å²) in [5.41, 5.74) is 6.56. The summed E-state index contributed by atoms with van der Waals surface area (Å²) in [7, 11) is 0. The Morgan fingerprint density at radius 2 is 1.96 bits per heavy atom. The van der Waals surface area contributed by atoms with Crippen molar-refractivity contribution in [3.63, 3.8) is 0 Å². The molecule has 1 aliphatic carbocycles. The summed E-state index contributed by atoms with van der Waals surface area (Å²) in [6, 6.07) is 0.179. The molecule has 0 aromatic carbocycles. The molecule has 0 spiro atoms. The molecule has 1 amide bonds. The number of hydrogen-bond acceptors (Lipinski definition) is 4. The first kappa shape index (κ1) is 15.8. The summed E-state index contributed by atoms with van der Waals surface area (Å²) in [5, 5.41) is 3.39. The lowest BCUT2D eigenvalue weighted by Crippen LogP contribution is -2.71. The average Bonchev–Trinajstić information content (AvgIpc) is 3.18. The minimum Gasteiger partial charge on any atom is -0.337 e. The van der Waals surface area contributed by atoms with E-state index >= 15 is 0 Å². The molecule has 5 atom stereocenters. The van der Waals surface area contributed by atoms with Gasteiger partial charge in [0.2, 0.25) is 5.91 Å². The molecule has 3 saturated heterocycles. The van der Waals surface area contributed by atoms with E-state index in [1.807, 2.05) is 4.90 Å². The fourth-order valence-electron chi connectivity index (χ4n) is 5.39. The molecule has 5 nitrogen and oxygen atoms in total. The molecular formula is C17H29FN4O. The predicted molar refractivity (Wildman–Crippen MR) is 86.7 cm³/mol. The van der Waals surface area contributed by atoms with Gasteiger partial charge < -0.3 is 16.0 Å². The van der Waals surface area contributed by atoms with Crippen molar-refractivity contribution in [2.75, 3.05) is 26.2 Å². The van der Waals surface area contributed by atoms with Crippen LogP contribution in [-0.4, -0.2) is 72.2 Å². The minimum atomic E-state index is -0.911. The number of nitrogens with one attached hydrogen (secondary N) is 1. The van der Waals surface area contributed by atoms with Crippen LogP contribution in [0.1, 0.15) is 38.5 Å². The lowest BCUT2D eigenvalue weighted by atomic mass is 9.82. The monoisotopic (exact) mass is 324 g/mol. The van der Waals surface area contributed by atoms with Gasteiger partial charge in [0.05, 0.1) is 6.04 Å². The lowest BCUT2D eigenvalue weighted by Gasteiger charge is -2.49. The van der Waals surface area contributed by atoms with Crippen LogP contribution < -0.4 is 11.1 Å². The third-order valence-electron chi connectivity index (χ3n) is 6.58. The van der Waals surface area contributed by atoms with Crippen molar-refractivity contribution in [2.45, 2.75) is 68.9 Å². The van der Waals surface area contributed by atoms with Crippen molar-refractivity contribution < 1.29 is 9.18 Å². The van der Waals surface area contributed by atoms with Crippen LogP contribution in [0.15, 0.2) is 0 Å². The molecular weight excluding hydrogens is 295 g/mol. The van der Waals surface area contributed by atoms with Crippen molar-refractivity contribution >= 4 is 5.91 Å². The van der Waals surface area contributed by atoms with E-state index in [0.29, 0.717) is 18.9 Å². The zero-order chi connectivity index (χ0) is 16.0. The standard InChI is InChI=1S/C17H29FN4O/c18-13-9-20-16(11-3-1-2-4-11)15(19)17(13)21-7-8-22-12(10-21)5-6-14(22)23/h11-13,15-17,20H,1-10,19H2. The van der Waals surface area contributed by atoms with Gasteiger partial charge in [0.1, 0.15) is 6.17 Å². The minimum absolute atomic E-state index is 0.148. The number of piperidine rings is 1. The number of carbonyl (C=O) groups is 1. The molecule has 6 heteroatoms. The molecule has 5 unspecified atom stereocenters. The second kappa shape index (κ2) is 6.30. The van der Waals surface area contributed by atoms with Gasteiger partial charge in [-0.2, -0.15) is 0 Å². The Bertz CT molecular complexity index is 456. The summed E-state index contributed by atoms with van der Waals surface area (Å²) < 4.78 is 14.7. The zero-order valence-electron chi connectivity index (χ0n) is 13.8. The van der Waals surface area contributed by atoms with Crippen molar-refractivity contribution in [3.05, 3.63) is 0 Å². The molecule has 3 heterocycles. The quantitative estimate of drug-likeness (QED) is 0.776. The summed E-state index contributed by atoms with van der Waals surface area (Å²) in [5.74, 6) is 0.874. The van der Waals surface area contributed by atoms with Crippen molar-refractivity contribution in [3.8, 4) is 0 Å². The predicted octanol–water partition coefficient (Wildman–Crippen LogP) is 0.489. The number of hydrogen-bond donors (Lipinski definition) is 2. The number of fused-ring (bicyclic) bond motifs is 1. The van der Waals surface area contributed by atoms with Gasteiger partial charge in [-0.1, -0.05) is 12.8 Å². The molecule has 4 aliphatic rings. The van der Waals surface area contributed by atoms with Crippen LogP contribution in [0.5, 0.6) is 0 Å². The van der Waals surface area contributed by atoms with E-state index in [0.717, 1.165) is 26.1 Å². The molecule has 4 fully saturated rings. The maximum Gasteiger partial charge on any atom is 0.222 e. The third kappa shape index (κ3) is 2.79. The molecule has 3 aliphatic heterocycles. The highest BCUT2D eigenvalue weighted by Gasteiger charge is 2.46. The largest absolute Gasteiger partial charge is 0.337 e. The number of nitrogens with zero attached hydrogens (tertiary/aromatic N) is 2. The van der Waals surface area contributed by atoms with Crippen LogP contribution in [0.25, 0.3) is 0 Å². The number of halogens is 1. The number of nitrogens with two attached hydrogens (primary N) is 1. The van der Waals surface area contributed by atoms with Gasteiger partial charge in [-0.3, -0.25) is 9.69 Å². The molecule has 3 N–H and O–H groups in total. The van der Waals surface area contributed by atoms with E-state index in [-0.39, 0.29) is 30.1 Å². The van der Waals surface area contributed by atoms with Gasteiger partial charge in [0.15, 0.2) is 0 Å². The van der Waals surface area contributed by atoms with Crippen LogP contribution in [0.3, 0.4) is 0 Å². The van der Waals surface area contributed by atoms with E-state index in [1.54, 1.807) is 0 Å². The zero-order valence-corrected chi connectivity index (χ0v) is 13.8. The highest BCUT2D eigenvalue weighted by molar-refractivity contribution is 5.78. The molecule has 130 valence electrons. The Morgan fingerprint density at radius 3 is 2.74 bits per heavy atom. The maximum atomic E-state index is 14.7. The molecule has 0 aromatic rings. The number of piperazine rings is 1. The first-order valence-electron chi connectivity index (χ1n) is 9.31. The normalized spacial score (nSPS) is 43.1. The molecule has 1 saturated carbocycles. The van der Waals surface area contributed by atoms with Crippen molar-refractivity contribution in [1.82, 2.24) is 15.1 Å². The molecule has 0 bridgehead atoms. The number of amides is 1. The van der Waals surface area contributed by atoms with Crippen molar-refractivity contribution in [1.29, 1.82) is 0 Å². The van der Waals surface area contributed by atoms with E-state index in [1.165, 1.54) is 25.7 Å². The second-order valence-corrected chi connectivity index (χ2v) is 7.84. The van der Waals surface area contributed by atoms with Gasteiger partial charge in [-0.15, -0.1) is 0 Å². The van der Waals surface area contributed by atoms with Crippen LogP contribution in [-0.2, 0) is 4.79 Å². The van der Waals surface area contributed by atoms with Crippen LogP contribution >= 0.6 is 0 Å². The van der Waals surface area contributed by atoms with E-state index in [2.05, 4.69) is 10.2 Å². The van der Waals surface area contributed by atoms with Crippen LogP contribution in [0, 0.1) is 5.92 Å². The highest BCUT2D eigenvalue weighted by Crippen LogP contribution is 2.33. The molecule has 0 aromatic heterocycles. The fraction of sp³-hybridized carbons (Fsp3) is 0.941. The summed E-state index contributed by atoms with van der Waals surface area (Å²) in [4.78, 5) is 16.1. The van der Waals surface area contributed by atoms with Crippen molar-refractivity contribution in [2.24, 2.45) is 11.7 Å². The van der Waals surface area contributed by atoms with Gasteiger partial charge in [-0.25, -0.2) is 4.39 Å². The van der Waals surface area contributed by atoms with E-state index in [4.69, 9.17) is 5.73 Å². The SMILES string of the molecule is NC1C(C2CCCC2)NCC(F)C1N1CCN2C(=O)CCC2C1. The molecule has 0 radical (unpaired) electrons. The van der Waals surface area contributed by atoms with Crippen LogP contribution in [0.4, 0.5) is 4.39 Å². The Kier molecular flexibility index (Phi) is 4.32. The summed E-state index contributed by atoms with van der Waals surface area (Å²) in [6.45, 7) is 2.71. The first-order valence-corrected chi connectivity index (χ1v) is 9.31. The Labute approximate surface area is 137 Å². The number of rotatable bonds is 2. The number of carbonyl (C=O) groups excluding carboxylic acids is 1. The Hall–Kier alpha value is -0.720. The third-order valence-corrected chi connectivity index (χ3v) is 6.58. The number of alkyl halides is 1. The highest BCUT2D eigenvalue weighted by atomic mass is 19.1. The smallest absolute Gasteiger partial charge is 0.222 e.